The van der Waals surface area contributed by atoms with Crippen molar-refractivity contribution in [2.45, 2.75) is 273 Å². The van der Waals surface area contributed by atoms with Gasteiger partial charge in [-0.05, 0) is 135 Å². The Kier molecular flexibility index (Phi) is 25.3. The Bertz CT molecular complexity index is 2690. The maximum Gasteiger partial charge on any atom is 0.393 e. The Morgan fingerprint density at radius 1 is 0.554 bits per heavy atom. The van der Waals surface area contributed by atoms with Gasteiger partial charge in [-0.2, -0.15) is 13.2 Å². The highest BCUT2D eigenvalue weighted by Crippen LogP contribution is 2.44. The van der Waals surface area contributed by atoms with Crippen molar-refractivity contribution in [1.82, 2.24) is 55.6 Å². The Hall–Kier alpha value is -5.75. The van der Waals surface area contributed by atoms with Gasteiger partial charge in [0, 0.05) is 66.2 Å². The zero-order valence-corrected chi connectivity index (χ0v) is 57.0. The number of hydrogen-bond donors (Lipinski definition) is 4. The summed E-state index contributed by atoms with van der Waals surface area (Å²) in [4.78, 5) is 171. The van der Waals surface area contributed by atoms with Gasteiger partial charge in [0.25, 0.3) is 0 Å². The fraction of sp³-hybridized carbons (Fsp3) is 0.833. The molecule has 0 bridgehead atoms. The molecule has 22 nitrogen and oxygen atoms in total. The van der Waals surface area contributed by atoms with Gasteiger partial charge in [0.15, 0.2) is 0 Å². The van der Waals surface area contributed by atoms with E-state index in [2.05, 4.69) is 21.3 Å². The van der Waals surface area contributed by atoms with Gasteiger partial charge in [-0.1, -0.05) is 78.1 Å². The molecule has 7 rings (SSSR count). The van der Waals surface area contributed by atoms with Gasteiger partial charge in [0.2, 0.25) is 65.0 Å². The second-order valence-electron chi connectivity index (χ2n) is 28.3. The zero-order chi connectivity index (χ0) is 67.8. The maximum absolute atomic E-state index is 15.2. The summed E-state index contributed by atoms with van der Waals surface area (Å²) < 4.78 is 41.9. The molecule has 1 spiro atoms. The average Bonchev–Trinajstić information content (AvgIpc) is 1.07. The lowest BCUT2D eigenvalue weighted by molar-refractivity contribution is -0.182. The highest BCUT2D eigenvalue weighted by atomic mass is 35.5. The number of carbonyl (C=O) groups excluding carboxylic acids is 11. The Labute approximate surface area is 547 Å². The van der Waals surface area contributed by atoms with Crippen molar-refractivity contribution >= 4 is 76.6 Å². The SMILES string of the molecule is CC[C@H](C)[C@@H]1NC(=O)[C@H](C)N(C)C(=O)C[C@@H](C)NC(=O)[C@H](C2CCCC2)N(C)C(=O)C2(CCCC2)NC(=O)[C@@H]2CCCN2C(=O)[C@H](CCC2CCC(C(F)(F)F)C(Cl)C2)NC(=O)[C@@H](C)N(C)C(=O)[C@H](CC2CCCCC2)N(C)C(=O)[C@@H]2CCN2C(=O)[C@H](C)N(C)C1=O. The van der Waals surface area contributed by atoms with Crippen LogP contribution in [0.3, 0.4) is 0 Å². The molecule has 7 aliphatic rings. The summed E-state index contributed by atoms with van der Waals surface area (Å²) in [6.07, 6.45) is 6.02. The van der Waals surface area contributed by atoms with Crippen LogP contribution in [-0.4, -0.2) is 225 Å². The normalized spacial score (nSPS) is 33.3. The molecule has 4 saturated carbocycles. The van der Waals surface area contributed by atoms with Crippen molar-refractivity contribution < 1.29 is 65.9 Å². The Morgan fingerprint density at radius 2 is 1.15 bits per heavy atom. The molecule has 11 amide bonds. The summed E-state index contributed by atoms with van der Waals surface area (Å²) in [7, 11) is 7.39. The summed E-state index contributed by atoms with van der Waals surface area (Å²) in [6.45, 7) is 10.1. The van der Waals surface area contributed by atoms with E-state index < -0.39 is 154 Å². The largest absolute Gasteiger partial charge is 0.393 e. The molecule has 518 valence electrons. The van der Waals surface area contributed by atoms with Crippen LogP contribution in [0.25, 0.3) is 0 Å². The highest BCUT2D eigenvalue weighted by molar-refractivity contribution is 6.20. The molecular weight excluding hydrogens is 1220 g/mol. The lowest BCUT2D eigenvalue weighted by Crippen LogP contribution is -2.65. The van der Waals surface area contributed by atoms with Gasteiger partial charge >= 0.3 is 6.18 Å². The van der Waals surface area contributed by atoms with E-state index in [0.717, 1.165) is 44.9 Å². The van der Waals surface area contributed by atoms with Crippen LogP contribution in [0.5, 0.6) is 0 Å². The van der Waals surface area contributed by atoms with Crippen LogP contribution >= 0.6 is 11.6 Å². The first-order valence-corrected chi connectivity index (χ1v) is 34.6. The predicted octanol–water partition coefficient (Wildman–Crippen LogP) is 5.65. The van der Waals surface area contributed by atoms with Crippen LogP contribution in [0.4, 0.5) is 13.2 Å². The van der Waals surface area contributed by atoms with Crippen molar-refractivity contribution in [3.63, 3.8) is 0 Å². The van der Waals surface area contributed by atoms with Crippen LogP contribution in [0.15, 0.2) is 0 Å². The molecule has 0 radical (unpaired) electrons. The number of fused-ring (bicyclic) bond motifs is 2. The molecule has 3 heterocycles. The molecule has 14 atom stereocenters. The van der Waals surface area contributed by atoms with Gasteiger partial charge < -0.3 is 55.6 Å². The van der Waals surface area contributed by atoms with E-state index in [-0.39, 0.29) is 101 Å². The number of nitrogens with zero attached hydrogens (tertiary/aromatic N) is 7. The van der Waals surface area contributed by atoms with Gasteiger partial charge in [0.1, 0.15) is 59.9 Å². The van der Waals surface area contributed by atoms with E-state index >= 15 is 14.4 Å². The molecule has 4 aliphatic carbocycles. The van der Waals surface area contributed by atoms with Crippen LogP contribution in [0.2, 0.25) is 0 Å². The van der Waals surface area contributed by atoms with E-state index in [1.165, 1.54) is 83.3 Å². The highest BCUT2D eigenvalue weighted by Gasteiger charge is 2.52. The van der Waals surface area contributed by atoms with Crippen molar-refractivity contribution in [3.05, 3.63) is 0 Å². The number of alkyl halides is 4. The number of halogens is 4. The average molecular weight is 1320 g/mol. The Balaban J connectivity index is 1.22. The Morgan fingerprint density at radius 3 is 1.75 bits per heavy atom. The number of hydrogen-bond acceptors (Lipinski definition) is 11. The van der Waals surface area contributed by atoms with Crippen molar-refractivity contribution in [3.8, 4) is 0 Å². The first-order valence-electron chi connectivity index (χ1n) is 34.2. The van der Waals surface area contributed by atoms with Crippen LogP contribution in [-0.2, 0) is 52.7 Å². The van der Waals surface area contributed by atoms with Crippen molar-refractivity contribution in [2.75, 3.05) is 48.3 Å². The van der Waals surface area contributed by atoms with Crippen LogP contribution in [0, 0.1) is 29.6 Å². The van der Waals surface area contributed by atoms with Crippen LogP contribution < -0.4 is 21.3 Å². The van der Waals surface area contributed by atoms with E-state index in [4.69, 9.17) is 11.6 Å². The summed E-state index contributed by atoms with van der Waals surface area (Å²) in [5.74, 6) is -8.92. The third-order valence-electron chi connectivity index (χ3n) is 22.3. The fourth-order valence-electron chi connectivity index (χ4n) is 15.4. The molecule has 3 unspecified atom stereocenters. The van der Waals surface area contributed by atoms with Gasteiger partial charge in [-0.15, -0.1) is 11.6 Å². The minimum Gasteiger partial charge on any atom is -0.351 e. The first kappa shape index (κ1) is 73.7. The number of carbonyl (C=O) groups is 11. The first-order chi connectivity index (χ1) is 43.3. The maximum atomic E-state index is 15.2. The number of amides is 11. The third-order valence-corrected chi connectivity index (χ3v) is 22.7. The van der Waals surface area contributed by atoms with Gasteiger partial charge in [-0.3, -0.25) is 52.7 Å². The second-order valence-corrected chi connectivity index (χ2v) is 28.9. The molecule has 3 saturated heterocycles. The van der Waals surface area contributed by atoms with E-state index in [1.807, 2.05) is 6.92 Å². The standard InChI is InChI=1S/C66H105ClF3N11O11/c1-12-38(2)53-63(91)77(9)42(6)59(87)81-34-30-50(81)61(89)78(10)51(37-43-21-14-13-15-22-43)62(90)76(8)41(5)55(83)72-48(29-27-44-26-28-46(47(67)36-44)66(68,69)70)60(88)80-33-20-25-49(80)57(85)74-65(31-18-19-32-65)64(92)79(11)54(45-23-16-17-24-45)58(86)71-39(3)35-52(82)75(7)40(4)56(84)73-53/h38-51,53-54H,12-37H2,1-11H3,(H,71,86)(H,72,83)(H,73,84)(H,74,85)/t38-,39+,40-,41+,42-,44?,46?,47?,48-,49-,50-,51-,53-,54-/m0/s1. The minimum atomic E-state index is -4.49. The molecule has 7 fully saturated rings. The molecule has 0 aromatic carbocycles. The molecule has 92 heavy (non-hydrogen) atoms. The number of nitrogens with one attached hydrogen (secondary N) is 4. The summed E-state index contributed by atoms with van der Waals surface area (Å²) in [5.41, 5.74) is -1.46. The lowest BCUT2D eigenvalue weighted by Gasteiger charge is -2.45. The smallest absolute Gasteiger partial charge is 0.351 e. The summed E-state index contributed by atoms with van der Waals surface area (Å²) >= 11 is 6.40. The molecule has 26 heteroatoms. The topological polar surface area (TPSA) is 259 Å². The predicted molar refractivity (Wildman–Crippen MR) is 338 cm³/mol. The molecule has 0 aromatic rings. The minimum absolute atomic E-state index is 0.0171. The van der Waals surface area contributed by atoms with Crippen molar-refractivity contribution in [1.29, 1.82) is 0 Å². The zero-order valence-electron chi connectivity index (χ0n) is 56.3. The van der Waals surface area contributed by atoms with Crippen molar-refractivity contribution in [2.24, 2.45) is 29.6 Å². The van der Waals surface area contributed by atoms with Gasteiger partial charge in [0.05, 0.1) is 5.92 Å². The monoisotopic (exact) mass is 1320 g/mol. The molecular formula is C66H105ClF3N11O11. The summed E-state index contributed by atoms with van der Waals surface area (Å²) in [6, 6.07) is -10.9. The third kappa shape index (κ3) is 16.8. The van der Waals surface area contributed by atoms with Crippen LogP contribution in [0.1, 0.15) is 196 Å². The van der Waals surface area contributed by atoms with E-state index in [0.29, 0.717) is 38.5 Å². The summed E-state index contributed by atoms with van der Waals surface area (Å²) in [5, 5.41) is 10.6. The number of rotatable bonds is 8. The molecule has 0 aromatic heterocycles. The second kappa shape index (κ2) is 31.7. The molecule has 4 N–H and O–H groups in total. The molecule has 3 aliphatic heterocycles. The lowest BCUT2D eigenvalue weighted by atomic mass is 9.78. The van der Waals surface area contributed by atoms with E-state index in [9.17, 15) is 51.5 Å². The van der Waals surface area contributed by atoms with E-state index in [1.54, 1.807) is 20.9 Å². The fourth-order valence-corrected chi connectivity index (χ4v) is 15.9. The van der Waals surface area contributed by atoms with Gasteiger partial charge in [-0.25, -0.2) is 0 Å². The number of likely N-dealkylation sites (N-methyl/N-ethyl adjacent to an activating group) is 5. The quantitative estimate of drug-likeness (QED) is 0.216.